The van der Waals surface area contributed by atoms with Gasteiger partial charge in [0.25, 0.3) is 0 Å². The van der Waals surface area contributed by atoms with E-state index in [-0.39, 0.29) is 18.4 Å². The summed E-state index contributed by atoms with van der Waals surface area (Å²) in [6.45, 7) is 4.83. The Morgan fingerprint density at radius 1 is 1.08 bits per heavy atom. The van der Waals surface area contributed by atoms with Gasteiger partial charge in [-0.15, -0.1) is 0 Å². The Labute approximate surface area is 152 Å². The van der Waals surface area contributed by atoms with Gasteiger partial charge in [-0.05, 0) is 11.5 Å². The fourth-order valence-electron chi connectivity index (χ4n) is 2.20. The third kappa shape index (κ3) is 7.33. The van der Waals surface area contributed by atoms with Crippen molar-refractivity contribution in [3.8, 4) is 0 Å². The summed E-state index contributed by atoms with van der Waals surface area (Å²) in [5.74, 6) is -2.71. The van der Waals surface area contributed by atoms with E-state index < -0.39 is 36.3 Å². The molecule has 0 heterocycles. The molecule has 0 aliphatic heterocycles. The number of hydrogen-bond acceptors (Lipinski definition) is 5. The molecule has 0 bridgehead atoms. The molecular formula is C18H25N3O5. The number of rotatable bonds is 9. The van der Waals surface area contributed by atoms with Crippen molar-refractivity contribution >= 4 is 23.7 Å². The van der Waals surface area contributed by atoms with Gasteiger partial charge >= 0.3 is 5.97 Å². The van der Waals surface area contributed by atoms with Gasteiger partial charge in [0.1, 0.15) is 18.7 Å². The molecule has 0 aromatic heterocycles. The molecular weight excluding hydrogens is 338 g/mol. The minimum atomic E-state index is -1.22. The van der Waals surface area contributed by atoms with E-state index in [4.69, 9.17) is 10.5 Å². The summed E-state index contributed by atoms with van der Waals surface area (Å²) in [6, 6.07) is 6.98. The fraction of sp³-hybridized carbons (Fsp3) is 0.444. The van der Waals surface area contributed by atoms with E-state index >= 15 is 0 Å². The maximum atomic E-state index is 12.3. The number of nitrogens with two attached hydrogens (primary N) is 1. The normalized spacial score (nSPS) is 12.8. The first-order chi connectivity index (χ1) is 12.2. The number of nitrogens with one attached hydrogen (secondary N) is 2. The first kappa shape index (κ1) is 21.1. The van der Waals surface area contributed by atoms with E-state index in [1.165, 1.54) is 6.92 Å². The highest BCUT2D eigenvalue weighted by Gasteiger charge is 2.28. The third-order valence-electron chi connectivity index (χ3n) is 3.58. The predicted molar refractivity (Wildman–Crippen MR) is 94.4 cm³/mol. The molecule has 26 heavy (non-hydrogen) atoms. The average Bonchev–Trinajstić information content (AvgIpc) is 2.57. The van der Waals surface area contributed by atoms with Crippen molar-refractivity contribution in [1.82, 2.24) is 10.6 Å². The zero-order valence-electron chi connectivity index (χ0n) is 15.2. The van der Waals surface area contributed by atoms with Crippen LogP contribution in [0.4, 0.5) is 0 Å². The van der Waals surface area contributed by atoms with Crippen LogP contribution in [0.25, 0.3) is 0 Å². The van der Waals surface area contributed by atoms with Gasteiger partial charge in [-0.3, -0.25) is 19.2 Å². The minimum Gasteiger partial charge on any atom is -0.461 e. The van der Waals surface area contributed by atoms with E-state index in [9.17, 15) is 19.2 Å². The van der Waals surface area contributed by atoms with Crippen LogP contribution in [0, 0.1) is 5.92 Å². The third-order valence-corrected chi connectivity index (χ3v) is 3.58. The van der Waals surface area contributed by atoms with Crippen molar-refractivity contribution in [3.05, 3.63) is 35.9 Å². The molecule has 0 saturated heterocycles. The Morgan fingerprint density at radius 2 is 1.69 bits per heavy atom. The first-order valence-corrected chi connectivity index (χ1v) is 8.27. The molecule has 8 heteroatoms. The smallest absolute Gasteiger partial charge is 0.308 e. The van der Waals surface area contributed by atoms with Crippen molar-refractivity contribution < 1.29 is 23.9 Å². The Kier molecular flexibility index (Phi) is 8.27. The van der Waals surface area contributed by atoms with Crippen molar-refractivity contribution in [2.24, 2.45) is 11.7 Å². The second-order valence-corrected chi connectivity index (χ2v) is 6.24. The van der Waals surface area contributed by atoms with Crippen LogP contribution in [0.3, 0.4) is 0 Å². The van der Waals surface area contributed by atoms with Gasteiger partial charge in [0.2, 0.25) is 17.7 Å². The zero-order chi connectivity index (χ0) is 19.7. The van der Waals surface area contributed by atoms with E-state index in [1.807, 2.05) is 18.2 Å². The van der Waals surface area contributed by atoms with Crippen LogP contribution < -0.4 is 16.4 Å². The predicted octanol–water partition coefficient (Wildman–Crippen LogP) is 0.251. The lowest BCUT2D eigenvalue weighted by Gasteiger charge is -2.23. The highest BCUT2D eigenvalue weighted by molar-refractivity contribution is 5.93. The van der Waals surface area contributed by atoms with Crippen LogP contribution in [0.15, 0.2) is 30.3 Å². The molecule has 8 nitrogen and oxygen atoms in total. The second-order valence-electron chi connectivity index (χ2n) is 6.24. The topological polar surface area (TPSA) is 128 Å². The zero-order valence-corrected chi connectivity index (χ0v) is 15.2. The molecule has 3 amide bonds. The Balaban J connectivity index is 2.64. The summed E-state index contributed by atoms with van der Waals surface area (Å²) in [4.78, 5) is 47.0. The van der Waals surface area contributed by atoms with Crippen molar-refractivity contribution in [2.75, 3.05) is 0 Å². The Morgan fingerprint density at radius 3 is 2.19 bits per heavy atom. The van der Waals surface area contributed by atoms with Crippen LogP contribution in [-0.4, -0.2) is 35.8 Å². The van der Waals surface area contributed by atoms with E-state index in [0.717, 1.165) is 5.56 Å². The number of ether oxygens (including phenoxy) is 1. The summed E-state index contributed by atoms with van der Waals surface area (Å²) in [5, 5.41) is 4.91. The molecule has 142 valence electrons. The number of esters is 1. The standard InChI is InChI=1S/C18H25N3O5/c1-11(2)16(20-12(3)22)18(25)21-14(17(19)24)9-15(23)26-10-13-7-5-4-6-8-13/h4-8,11,14,16H,9-10H2,1-3H3,(H2,19,24)(H,20,22)(H,21,25)/t14-,16-/m1/s1. The molecule has 0 fully saturated rings. The van der Waals surface area contributed by atoms with Gasteiger partial charge in [0, 0.05) is 6.92 Å². The Bertz CT molecular complexity index is 645. The van der Waals surface area contributed by atoms with Crippen LogP contribution in [0.1, 0.15) is 32.8 Å². The second kappa shape index (κ2) is 10.2. The quantitative estimate of drug-likeness (QED) is 0.542. The number of hydrogen-bond donors (Lipinski definition) is 3. The lowest BCUT2D eigenvalue weighted by atomic mass is 10.0. The molecule has 0 unspecified atom stereocenters. The van der Waals surface area contributed by atoms with Crippen molar-refractivity contribution in [2.45, 2.75) is 45.9 Å². The number of primary amides is 1. The van der Waals surface area contributed by atoms with E-state index in [1.54, 1.807) is 26.0 Å². The van der Waals surface area contributed by atoms with Crippen LogP contribution in [0.5, 0.6) is 0 Å². The highest BCUT2D eigenvalue weighted by Crippen LogP contribution is 2.06. The Hall–Kier alpha value is -2.90. The van der Waals surface area contributed by atoms with Gasteiger partial charge in [-0.2, -0.15) is 0 Å². The van der Waals surface area contributed by atoms with Gasteiger partial charge in [0.15, 0.2) is 0 Å². The number of carbonyl (C=O) groups is 4. The molecule has 4 N–H and O–H groups in total. The average molecular weight is 363 g/mol. The summed E-state index contributed by atoms with van der Waals surface area (Å²) >= 11 is 0. The summed E-state index contributed by atoms with van der Waals surface area (Å²) in [5.41, 5.74) is 6.07. The maximum Gasteiger partial charge on any atom is 0.308 e. The monoisotopic (exact) mass is 363 g/mol. The maximum absolute atomic E-state index is 12.3. The van der Waals surface area contributed by atoms with Crippen LogP contribution in [0.2, 0.25) is 0 Å². The van der Waals surface area contributed by atoms with E-state index in [0.29, 0.717) is 0 Å². The highest BCUT2D eigenvalue weighted by atomic mass is 16.5. The SMILES string of the molecule is CC(=O)N[C@@H](C(=O)N[C@H](CC(=O)OCc1ccccc1)C(N)=O)C(C)C. The van der Waals surface area contributed by atoms with Crippen molar-refractivity contribution in [1.29, 1.82) is 0 Å². The first-order valence-electron chi connectivity index (χ1n) is 8.27. The minimum absolute atomic E-state index is 0.0552. The number of benzene rings is 1. The van der Waals surface area contributed by atoms with Gasteiger partial charge < -0.3 is 21.1 Å². The van der Waals surface area contributed by atoms with Gasteiger partial charge in [0.05, 0.1) is 6.42 Å². The number of carbonyl (C=O) groups excluding carboxylic acids is 4. The summed E-state index contributed by atoms with van der Waals surface area (Å²) in [7, 11) is 0. The summed E-state index contributed by atoms with van der Waals surface area (Å²) in [6.07, 6.45) is -0.390. The fourth-order valence-corrected chi connectivity index (χ4v) is 2.20. The molecule has 1 rings (SSSR count). The van der Waals surface area contributed by atoms with Crippen molar-refractivity contribution in [3.63, 3.8) is 0 Å². The molecule has 0 saturated carbocycles. The van der Waals surface area contributed by atoms with Crippen LogP contribution in [-0.2, 0) is 30.5 Å². The molecule has 0 aliphatic rings. The lowest BCUT2D eigenvalue weighted by molar-refractivity contribution is -0.147. The largest absolute Gasteiger partial charge is 0.461 e. The van der Waals surface area contributed by atoms with E-state index in [2.05, 4.69) is 10.6 Å². The summed E-state index contributed by atoms with van der Waals surface area (Å²) < 4.78 is 5.10. The molecule has 1 aromatic carbocycles. The molecule has 2 atom stereocenters. The van der Waals surface area contributed by atoms with Gasteiger partial charge in [-0.25, -0.2) is 0 Å². The molecule has 1 aromatic rings. The number of amides is 3. The molecule has 0 spiro atoms. The van der Waals surface area contributed by atoms with Crippen LogP contribution >= 0.6 is 0 Å². The molecule has 0 radical (unpaired) electrons. The van der Waals surface area contributed by atoms with Gasteiger partial charge in [-0.1, -0.05) is 44.2 Å². The lowest BCUT2D eigenvalue weighted by Crippen LogP contribution is -2.55. The molecule has 0 aliphatic carbocycles.